The number of methoxy groups -OCH3 is 1. The predicted molar refractivity (Wildman–Crippen MR) is 117 cm³/mol. The van der Waals surface area contributed by atoms with Crippen LogP contribution in [0.2, 0.25) is 0 Å². The third-order valence-corrected chi connectivity index (χ3v) is 4.55. The minimum atomic E-state index is -0.605. The lowest BCUT2D eigenvalue weighted by Gasteiger charge is -2.12. The van der Waals surface area contributed by atoms with Crippen LogP contribution in [0.3, 0.4) is 0 Å². The molecule has 0 radical (unpaired) electrons. The second-order valence-corrected chi connectivity index (χ2v) is 6.80. The van der Waals surface area contributed by atoms with Crippen molar-refractivity contribution in [2.24, 2.45) is 0 Å². The molecule has 160 valence electrons. The molecule has 3 aromatic rings. The summed E-state index contributed by atoms with van der Waals surface area (Å²) >= 11 is 0. The van der Waals surface area contributed by atoms with Crippen LogP contribution in [0, 0.1) is 0 Å². The summed E-state index contributed by atoms with van der Waals surface area (Å²) in [5.41, 5.74) is 2.42. The van der Waals surface area contributed by atoms with E-state index in [-0.39, 0.29) is 18.1 Å². The Hall–Kier alpha value is -3.80. The van der Waals surface area contributed by atoms with Gasteiger partial charge in [-0.15, -0.1) is 0 Å². The summed E-state index contributed by atoms with van der Waals surface area (Å²) in [5, 5.41) is 2.74. The lowest BCUT2D eigenvalue weighted by atomic mass is 10.1. The van der Waals surface area contributed by atoms with Crippen molar-refractivity contribution in [2.45, 2.75) is 13.0 Å². The van der Waals surface area contributed by atoms with Crippen LogP contribution in [-0.2, 0) is 22.6 Å². The molecule has 0 aliphatic heterocycles. The zero-order valence-electron chi connectivity index (χ0n) is 17.4. The average molecular weight is 419 g/mol. The largest absolute Gasteiger partial charge is 0.493 e. The summed E-state index contributed by atoms with van der Waals surface area (Å²) in [6.07, 6.45) is 0.710. The molecule has 0 fully saturated rings. The fraction of sp³-hybridized carbons (Fsp3) is 0.200. The van der Waals surface area contributed by atoms with Crippen LogP contribution in [0.1, 0.15) is 21.5 Å². The number of benzene rings is 3. The Labute approximate surface area is 181 Å². The van der Waals surface area contributed by atoms with Crippen molar-refractivity contribution in [3.63, 3.8) is 0 Å². The molecule has 3 rings (SSSR count). The van der Waals surface area contributed by atoms with Crippen LogP contribution in [0.4, 0.5) is 0 Å². The van der Waals surface area contributed by atoms with E-state index in [1.54, 1.807) is 12.1 Å². The highest BCUT2D eigenvalue weighted by molar-refractivity contribution is 5.92. The van der Waals surface area contributed by atoms with Gasteiger partial charge in [0.15, 0.2) is 18.1 Å². The Morgan fingerprint density at radius 1 is 0.839 bits per heavy atom. The normalized spacial score (nSPS) is 10.2. The van der Waals surface area contributed by atoms with Gasteiger partial charge in [0.05, 0.1) is 12.7 Å². The number of hydrogen-bond acceptors (Lipinski definition) is 5. The Kier molecular flexibility index (Phi) is 8.05. The number of amides is 1. The minimum absolute atomic E-state index is 0.279. The standard InChI is InChI=1S/C25H25NO5/c1-29-23-16-21(12-13-22(23)30-17-20-10-6-3-7-11-20)25(28)31-18-24(27)26-15-14-19-8-4-2-5-9-19/h2-13,16H,14-15,17-18H2,1H3,(H,26,27). The van der Waals surface area contributed by atoms with Crippen LogP contribution in [-0.4, -0.2) is 32.1 Å². The molecular weight excluding hydrogens is 394 g/mol. The van der Waals surface area contributed by atoms with E-state index in [4.69, 9.17) is 14.2 Å². The monoisotopic (exact) mass is 419 g/mol. The van der Waals surface area contributed by atoms with Gasteiger partial charge < -0.3 is 19.5 Å². The van der Waals surface area contributed by atoms with Gasteiger partial charge in [-0.1, -0.05) is 60.7 Å². The summed E-state index contributed by atoms with van der Waals surface area (Å²) in [6, 6.07) is 24.3. The topological polar surface area (TPSA) is 73.9 Å². The molecule has 6 heteroatoms. The second-order valence-electron chi connectivity index (χ2n) is 6.80. The van der Waals surface area contributed by atoms with Gasteiger partial charge in [-0.25, -0.2) is 4.79 Å². The second kappa shape index (κ2) is 11.4. The van der Waals surface area contributed by atoms with Crippen molar-refractivity contribution in [2.75, 3.05) is 20.3 Å². The molecular formula is C25H25NO5. The smallest absolute Gasteiger partial charge is 0.338 e. The molecule has 1 amide bonds. The number of carbonyl (C=O) groups is 2. The molecule has 6 nitrogen and oxygen atoms in total. The number of carbonyl (C=O) groups excluding carboxylic acids is 2. The van der Waals surface area contributed by atoms with E-state index in [0.29, 0.717) is 31.1 Å². The van der Waals surface area contributed by atoms with Gasteiger partial charge in [-0.2, -0.15) is 0 Å². The molecule has 0 aliphatic carbocycles. The highest BCUT2D eigenvalue weighted by Crippen LogP contribution is 2.29. The number of nitrogens with one attached hydrogen (secondary N) is 1. The SMILES string of the molecule is COc1cc(C(=O)OCC(=O)NCCc2ccccc2)ccc1OCc1ccccc1. The summed E-state index contributed by atoms with van der Waals surface area (Å²) in [6.45, 7) is 0.508. The van der Waals surface area contributed by atoms with Crippen LogP contribution in [0.5, 0.6) is 11.5 Å². The molecule has 0 atom stereocenters. The van der Waals surface area contributed by atoms with E-state index in [2.05, 4.69) is 5.32 Å². The molecule has 0 saturated carbocycles. The highest BCUT2D eigenvalue weighted by atomic mass is 16.5. The molecule has 0 aromatic heterocycles. The number of esters is 1. The van der Waals surface area contributed by atoms with Crippen LogP contribution < -0.4 is 14.8 Å². The maximum Gasteiger partial charge on any atom is 0.338 e. The van der Waals surface area contributed by atoms with Crippen molar-refractivity contribution >= 4 is 11.9 Å². The van der Waals surface area contributed by atoms with Gasteiger partial charge in [0.2, 0.25) is 0 Å². The van der Waals surface area contributed by atoms with E-state index in [9.17, 15) is 9.59 Å². The van der Waals surface area contributed by atoms with Crippen molar-refractivity contribution in [1.82, 2.24) is 5.32 Å². The Bertz CT molecular complexity index is 989. The first-order chi connectivity index (χ1) is 15.2. The lowest BCUT2D eigenvalue weighted by molar-refractivity contribution is -0.124. The fourth-order valence-electron chi connectivity index (χ4n) is 2.91. The minimum Gasteiger partial charge on any atom is -0.493 e. The highest BCUT2D eigenvalue weighted by Gasteiger charge is 2.14. The van der Waals surface area contributed by atoms with E-state index < -0.39 is 5.97 Å². The maximum atomic E-state index is 12.3. The zero-order chi connectivity index (χ0) is 21.9. The predicted octanol–water partition coefficient (Wildman–Crippen LogP) is 3.79. The van der Waals surface area contributed by atoms with Gasteiger partial charge in [0.1, 0.15) is 6.61 Å². The van der Waals surface area contributed by atoms with Gasteiger partial charge >= 0.3 is 5.97 Å². The molecule has 1 N–H and O–H groups in total. The summed E-state index contributed by atoms with van der Waals surface area (Å²) in [4.78, 5) is 24.2. The van der Waals surface area contributed by atoms with Gasteiger partial charge in [-0.05, 0) is 35.7 Å². The lowest BCUT2D eigenvalue weighted by Crippen LogP contribution is -2.30. The number of hydrogen-bond donors (Lipinski definition) is 1. The molecule has 0 spiro atoms. The Morgan fingerprint density at radius 3 is 2.19 bits per heavy atom. The van der Waals surface area contributed by atoms with Gasteiger partial charge in [0, 0.05) is 6.54 Å². The Balaban J connectivity index is 1.47. The van der Waals surface area contributed by atoms with Crippen molar-refractivity contribution in [3.8, 4) is 11.5 Å². The van der Waals surface area contributed by atoms with Gasteiger partial charge in [0.25, 0.3) is 5.91 Å². The van der Waals surface area contributed by atoms with Crippen molar-refractivity contribution in [1.29, 1.82) is 0 Å². The molecule has 0 heterocycles. The number of rotatable bonds is 10. The van der Waals surface area contributed by atoms with Crippen LogP contribution in [0.15, 0.2) is 78.9 Å². The molecule has 0 bridgehead atoms. The molecule has 31 heavy (non-hydrogen) atoms. The third kappa shape index (κ3) is 6.89. The van der Waals surface area contributed by atoms with E-state index in [0.717, 1.165) is 11.1 Å². The fourth-order valence-corrected chi connectivity index (χ4v) is 2.91. The molecule has 0 saturated heterocycles. The third-order valence-electron chi connectivity index (χ3n) is 4.55. The van der Waals surface area contributed by atoms with Gasteiger partial charge in [-0.3, -0.25) is 4.79 Å². The molecule has 3 aromatic carbocycles. The Morgan fingerprint density at radius 2 is 1.52 bits per heavy atom. The first-order valence-corrected chi connectivity index (χ1v) is 9.98. The first-order valence-electron chi connectivity index (χ1n) is 9.98. The summed E-state index contributed by atoms with van der Waals surface area (Å²) in [7, 11) is 1.50. The van der Waals surface area contributed by atoms with Crippen molar-refractivity contribution in [3.05, 3.63) is 95.6 Å². The summed E-state index contributed by atoms with van der Waals surface area (Å²) in [5.74, 6) is -0.0237. The maximum absolute atomic E-state index is 12.3. The van der Waals surface area contributed by atoms with E-state index >= 15 is 0 Å². The number of ether oxygens (including phenoxy) is 3. The average Bonchev–Trinajstić information content (AvgIpc) is 2.82. The first kappa shape index (κ1) is 21.9. The summed E-state index contributed by atoms with van der Waals surface area (Å²) < 4.78 is 16.2. The van der Waals surface area contributed by atoms with E-state index in [1.807, 2.05) is 60.7 Å². The molecule has 0 aliphatic rings. The van der Waals surface area contributed by atoms with E-state index in [1.165, 1.54) is 13.2 Å². The molecule has 0 unspecified atom stereocenters. The van der Waals surface area contributed by atoms with Crippen LogP contribution in [0.25, 0.3) is 0 Å². The van der Waals surface area contributed by atoms with Crippen LogP contribution >= 0.6 is 0 Å². The quantitative estimate of drug-likeness (QED) is 0.506. The zero-order valence-corrected chi connectivity index (χ0v) is 17.4. The van der Waals surface area contributed by atoms with Crippen molar-refractivity contribution < 1.29 is 23.8 Å².